The SMILES string of the molecule is CC(C)(C)C(C1CC1)N(C(=O)O)[C@@H]1C[C@H]1c1csc(Br)n1. The molecule has 4 nitrogen and oxygen atoms in total. The van der Waals surface area contributed by atoms with E-state index in [4.69, 9.17) is 0 Å². The van der Waals surface area contributed by atoms with Gasteiger partial charge in [0, 0.05) is 23.4 Å². The molecule has 6 heteroatoms. The molecule has 1 heterocycles. The lowest BCUT2D eigenvalue weighted by Crippen LogP contribution is -2.49. The van der Waals surface area contributed by atoms with Gasteiger partial charge in [0.1, 0.15) is 0 Å². The molecule has 21 heavy (non-hydrogen) atoms. The van der Waals surface area contributed by atoms with E-state index in [0.717, 1.165) is 28.9 Å². The van der Waals surface area contributed by atoms with Crippen LogP contribution in [0.4, 0.5) is 4.79 Å². The summed E-state index contributed by atoms with van der Waals surface area (Å²) in [5, 5.41) is 11.8. The van der Waals surface area contributed by atoms with Crippen LogP contribution in [-0.2, 0) is 0 Å². The molecule has 3 atom stereocenters. The minimum Gasteiger partial charge on any atom is -0.465 e. The summed E-state index contributed by atoms with van der Waals surface area (Å²) in [5.74, 6) is 0.803. The number of nitrogens with zero attached hydrogens (tertiary/aromatic N) is 2. The molecule has 1 aromatic rings. The lowest BCUT2D eigenvalue weighted by Gasteiger charge is -2.39. The first-order valence-electron chi connectivity index (χ1n) is 7.41. The van der Waals surface area contributed by atoms with Crippen LogP contribution in [0.3, 0.4) is 0 Å². The van der Waals surface area contributed by atoms with Gasteiger partial charge in [-0.25, -0.2) is 9.78 Å². The fourth-order valence-corrected chi connectivity index (χ4v) is 4.56. The number of rotatable bonds is 4. The van der Waals surface area contributed by atoms with Gasteiger partial charge in [-0.05, 0) is 46.5 Å². The molecule has 1 unspecified atom stereocenters. The number of hydrogen-bond donors (Lipinski definition) is 1. The summed E-state index contributed by atoms with van der Waals surface area (Å²) < 4.78 is 0.875. The fourth-order valence-electron chi connectivity index (χ4n) is 3.47. The lowest BCUT2D eigenvalue weighted by atomic mass is 9.82. The van der Waals surface area contributed by atoms with E-state index in [1.54, 1.807) is 16.2 Å². The smallest absolute Gasteiger partial charge is 0.407 e. The van der Waals surface area contributed by atoms with Crippen LogP contribution in [0, 0.1) is 11.3 Å². The molecule has 0 spiro atoms. The molecule has 3 rings (SSSR count). The molecule has 0 aromatic carbocycles. The van der Waals surface area contributed by atoms with Crippen molar-refractivity contribution in [1.82, 2.24) is 9.88 Å². The summed E-state index contributed by atoms with van der Waals surface area (Å²) in [4.78, 5) is 18.1. The van der Waals surface area contributed by atoms with E-state index >= 15 is 0 Å². The third-order valence-electron chi connectivity index (χ3n) is 4.46. The third-order valence-corrected chi connectivity index (χ3v) is 5.85. The van der Waals surface area contributed by atoms with Gasteiger partial charge in [-0.15, -0.1) is 11.3 Å². The van der Waals surface area contributed by atoms with Crippen LogP contribution >= 0.6 is 27.3 Å². The third kappa shape index (κ3) is 3.11. The van der Waals surface area contributed by atoms with Gasteiger partial charge in [-0.3, -0.25) is 0 Å². The Morgan fingerprint density at radius 2 is 2.19 bits per heavy atom. The molecule has 2 fully saturated rings. The van der Waals surface area contributed by atoms with Gasteiger partial charge in [0.05, 0.1) is 5.69 Å². The standard InChI is InChI=1S/C15H21BrN2O2S/c1-15(2,3)12(8-4-5-8)18(14(19)20)11-6-9(11)10-7-21-13(16)17-10/h7-9,11-12H,4-6H2,1-3H3,(H,19,20)/t9-,11+,12?/m0/s1. The highest BCUT2D eigenvalue weighted by atomic mass is 79.9. The number of amides is 1. The average molecular weight is 373 g/mol. The van der Waals surface area contributed by atoms with E-state index in [2.05, 4.69) is 41.7 Å². The van der Waals surface area contributed by atoms with Crippen LogP contribution in [-0.4, -0.2) is 33.2 Å². The molecule has 0 bridgehead atoms. The topological polar surface area (TPSA) is 53.4 Å². The van der Waals surface area contributed by atoms with Crippen molar-refractivity contribution in [3.05, 3.63) is 15.0 Å². The zero-order valence-electron chi connectivity index (χ0n) is 12.5. The highest BCUT2D eigenvalue weighted by Crippen LogP contribution is 2.51. The maximum Gasteiger partial charge on any atom is 0.407 e. The zero-order chi connectivity index (χ0) is 15.4. The molecule has 0 aliphatic heterocycles. The van der Waals surface area contributed by atoms with Crippen molar-refractivity contribution >= 4 is 33.4 Å². The Kier molecular flexibility index (Phi) is 3.81. The number of thiazole rings is 1. The van der Waals surface area contributed by atoms with Crippen LogP contribution in [0.2, 0.25) is 0 Å². The molecular formula is C15H21BrN2O2S. The maximum absolute atomic E-state index is 11.9. The van der Waals surface area contributed by atoms with Crippen molar-refractivity contribution in [3.63, 3.8) is 0 Å². The summed E-state index contributed by atoms with van der Waals surface area (Å²) in [6.07, 6.45) is 2.45. The second-order valence-corrected chi connectivity index (χ2v) is 9.41. The van der Waals surface area contributed by atoms with E-state index in [0.29, 0.717) is 5.92 Å². The van der Waals surface area contributed by atoms with E-state index < -0.39 is 6.09 Å². The van der Waals surface area contributed by atoms with Crippen LogP contribution in [0.1, 0.15) is 51.6 Å². The first kappa shape index (κ1) is 15.3. The maximum atomic E-state index is 11.9. The van der Waals surface area contributed by atoms with Crippen molar-refractivity contribution < 1.29 is 9.90 Å². The van der Waals surface area contributed by atoms with Gasteiger partial charge in [0.25, 0.3) is 0 Å². The summed E-state index contributed by atoms with van der Waals surface area (Å²) in [6, 6.07) is 0.216. The average Bonchev–Trinajstić information content (AvgIpc) is 3.25. The molecular weight excluding hydrogens is 352 g/mol. The van der Waals surface area contributed by atoms with Crippen LogP contribution < -0.4 is 0 Å². The van der Waals surface area contributed by atoms with Crippen LogP contribution in [0.25, 0.3) is 0 Å². The van der Waals surface area contributed by atoms with Gasteiger partial charge in [-0.1, -0.05) is 20.8 Å². The number of aromatic nitrogens is 1. The van der Waals surface area contributed by atoms with Gasteiger partial charge in [-0.2, -0.15) is 0 Å². The van der Waals surface area contributed by atoms with Gasteiger partial charge < -0.3 is 10.0 Å². The largest absolute Gasteiger partial charge is 0.465 e. The Labute approximate surface area is 137 Å². The molecule has 2 aliphatic rings. The van der Waals surface area contributed by atoms with Crippen LogP contribution in [0.15, 0.2) is 9.30 Å². The normalized spacial score (nSPS) is 26.5. The molecule has 0 radical (unpaired) electrons. The Balaban J connectivity index is 1.81. The quantitative estimate of drug-likeness (QED) is 0.841. The van der Waals surface area contributed by atoms with Gasteiger partial charge >= 0.3 is 6.09 Å². The van der Waals surface area contributed by atoms with Crippen molar-refractivity contribution in [2.75, 3.05) is 0 Å². The van der Waals surface area contributed by atoms with Crippen molar-refractivity contribution in [3.8, 4) is 0 Å². The molecule has 1 aromatic heterocycles. The fraction of sp³-hybridized carbons (Fsp3) is 0.733. The first-order valence-corrected chi connectivity index (χ1v) is 9.08. The lowest BCUT2D eigenvalue weighted by molar-refractivity contribution is 0.0646. The molecule has 2 saturated carbocycles. The van der Waals surface area contributed by atoms with Crippen LogP contribution in [0.5, 0.6) is 0 Å². The predicted molar refractivity (Wildman–Crippen MR) is 86.8 cm³/mol. The molecule has 1 amide bonds. The Morgan fingerprint density at radius 1 is 1.52 bits per heavy atom. The van der Waals surface area contributed by atoms with Crippen molar-refractivity contribution in [1.29, 1.82) is 0 Å². The zero-order valence-corrected chi connectivity index (χ0v) is 14.9. The van der Waals surface area contributed by atoms with E-state index in [1.807, 2.05) is 5.38 Å². The second kappa shape index (κ2) is 5.23. The molecule has 0 saturated heterocycles. The Hall–Kier alpha value is -0.620. The van der Waals surface area contributed by atoms with Gasteiger partial charge in [0.2, 0.25) is 0 Å². The van der Waals surface area contributed by atoms with E-state index in [1.165, 1.54) is 0 Å². The Morgan fingerprint density at radius 3 is 2.62 bits per heavy atom. The number of hydrogen-bond acceptors (Lipinski definition) is 3. The Bertz CT molecular complexity index is 550. The van der Waals surface area contributed by atoms with E-state index in [-0.39, 0.29) is 23.4 Å². The van der Waals surface area contributed by atoms with E-state index in [9.17, 15) is 9.90 Å². The minimum absolute atomic E-state index is 0.0185. The first-order chi connectivity index (χ1) is 9.79. The van der Waals surface area contributed by atoms with Crippen molar-refractivity contribution in [2.45, 2.75) is 58.0 Å². The minimum atomic E-state index is -0.774. The summed E-state index contributed by atoms with van der Waals surface area (Å²) in [7, 11) is 0. The number of halogens is 1. The summed E-state index contributed by atoms with van der Waals surface area (Å²) >= 11 is 4.95. The number of carbonyl (C=O) groups is 1. The monoisotopic (exact) mass is 372 g/mol. The highest BCUT2D eigenvalue weighted by molar-refractivity contribution is 9.11. The van der Waals surface area contributed by atoms with Gasteiger partial charge in [0.15, 0.2) is 3.92 Å². The molecule has 2 aliphatic carbocycles. The molecule has 1 N–H and O–H groups in total. The number of carboxylic acid groups (broad SMARTS) is 1. The van der Waals surface area contributed by atoms with Crippen molar-refractivity contribution in [2.24, 2.45) is 11.3 Å². The summed E-state index contributed by atoms with van der Waals surface area (Å²) in [6.45, 7) is 6.47. The summed E-state index contributed by atoms with van der Waals surface area (Å²) in [5.41, 5.74) is 1.02. The second-order valence-electron chi connectivity index (χ2n) is 7.27. The highest BCUT2D eigenvalue weighted by Gasteiger charge is 2.54. The predicted octanol–water partition coefficient (Wildman–Crippen LogP) is 4.57. The molecule has 116 valence electrons.